The second-order valence-corrected chi connectivity index (χ2v) is 8.09. The van der Waals surface area contributed by atoms with Gasteiger partial charge in [-0.15, -0.1) is 0 Å². The number of benzene rings is 1. The topological polar surface area (TPSA) is 33.1 Å². The molecule has 4 saturated carbocycles. The van der Waals surface area contributed by atoms with Crippen LogP contribution in [0, 0.1) is 29.1 Å². The van der Waals surface area contributed by atoms with Gasteiger partial charge in [-0.1, -0.05) is 23.7 Å². The Morgan fingerprint density at radius 3 is 2.14 bits per heavy atom. The van der Waals surface area contributed by atoms with Crippen molar-refractivity contribution in [3.8, 4) is 0 Å². The summed E-state index contributed by atoms with van der Waals surface area (Å²) in [6.07, 6.45) is 7.56. The van der Waals surface area contributed by atoms with Gasteiger partial charge in [0.2, 0.25) is 0 Å². The molecule has 4 bridgehead atoms. The van der Waals surface area contributed by atoms with E-state index >= 15 is 0 Å². The van der Waals surface area contributed by atoms with Crippen LogP contribution in [-0.4, -0.2) is 13.0 Å². The summed E-state index contributed by atoms with van der Waals surface area (Å²) < 4.78 is 5.28. The summed E-state index contributed by atoms with van der Waals surface area (Å²) in [5.41, 5.74) is 1.48. The summed E-state index contributed by atoms with van der Waals surface area (Å²) in [7, 11) is 1.63. The highest BCUT2D eigenvalue weighted by Gasteiger charge is 2.58. The predicted octanol–water partition coefficient (Wildman–Crippen LogP) is 5.05. The molecule has 0 amide bonds. The lowest BCUT2D eigenvalue weighted by molar-refractivity contribution is -0.0596. The van der Waals surface area contributed by atoms with E-state index in [1.54, 1.807) is 7.11 Å². The lowest BCUT2D eigenvalue weighted by atomic mass is 9.43. The van der Waals surface area contributed by atoms with Crippen molar-refractivity contribution in [2.24, 2.45) is 23.7 Å². The molecule has 0 aromatic heterocycles. The molecule has 0 unspecified atom stereocenters. The first-order chi connectivity index (χ1) is 10.6. The predicted molar refractivity (Wildman–Crippen MR) is 89.5 cm³/mol. The molecule has 0 spiro atoms. The fraction of sp³-hybridized carbons (Fsp3) is 0.632. The van der Waals surface area contributed by atoms with Crippen LogP contribution in [0.4, 0.5) is 0 Å². The van der Waals surface area contributed by atoms with Gasteiger partial charge in [-0.05, 0) is 73.5 Å². The SMILES string of the molecule is COC(=N)CC1(c2ccc(Cl)cc2)C2CC3CC(C2)CC1C3. The largest absolute Gasteiger partial charge is 0.484 e. The smallest absolute Gasteiger partial charge is 0.180 e. The molecule has 1 aromatic carbocycles. The van der Waals surface area contributed by atoms with Gasteiger partial charge in [-0.25, -0.2) is 0 Å². The summed E-state index contributed by atoms with van der Waals surface area (Å²) in [6, 6.07) is 8.43. The Balaban J connectivity index is 1.78. The van der Waals surface area contributed by atoms with Crippen LogP contribution in [0.3, 0.4) is 0 Å². The normalized spacial score (nSPS) is 39.0. The Morgan fingerprint density at radius 1 is 1.09 bits per heavy atom. The molecule has 0 radical (unpaired) electrons. The third-order valence-corrected chi connectivity index (χ3v) is 6.93. The number of hydrogen-bond acceptors (Lipinski definition) is 2. The average Bonchev–Trinajstić information content (AvgIpc) is 2.51. The summed E-state index contributed by atoms with van der Waals surface area (Å²) >= 11 is 6.11. The fourth-order valence-electron chi connectivity index (χ4n) is 5.99. The third-order valence-electron chi connectivity index (χ3n) is 6.68. The zero-order chi connectivity index (χ0) is 15.3. The monoisotopic (exact) mass is 317 g/mol. The number of halogens is 1. The number of rotatable bonds is 3. The van der Waals surface area contributed by atoms with E-state index in [0.717, 1.165) is 23.3 Å². The van der Waals surface area contributed by atoms with E-state index in [9.17, 15) is 0 Å². The van der Waals surface area contributed by atoms with Crippen LogP contribution in [-0.2, 0) is 10.2 Å². The van der Waals surface area contributed by atoms with Gasteiger partial charge in [-0.3, -0.25) is 5.41 Å². The van der Waals surface area contributed by atoms with E-state index in [-0.39, 0.29) is 5.41 Å². The Bertz CT molecular complexity index is 552. The van der Waals surface area contributed by atoms with Gasteiger partial charge in [0.05, 0.1) is 7.11 Å². The summed E-state index contributed by atoms with van der Waals surface area (Å²) in [5, 5.41) is 8.98. The molecule has 4 aliphatic carbocycles. The van der Waals surface area contributed by atoms with Gasteiger partial charge in [0.25, 0.3) is 0 Å². The van der Waals surface area contributed by atoms with Crippen molar-refractivity contribution in [1.82, 2.24) is 0 Å². The molecule has 1 aromatic rings. The van der Waals surface area contributed by atoms with E-state index in [4.69, 9.17) is 21.7 Å². The standard InChI is InChI=1S/C19H24ClNO/c1-22-18(21)11-19(14-2-4-17(20)5-3-14)15-7-12-6-13(9-15)10-16(19)8-12/h2-5,12-13,15-16,21H,6-11H2,1H3. The second-order valence-electron chi connectivity index (χ2n) is 7.66. The maximum absolute atomic E-state index is 8.18. The molecule has 118 valence electrons. The summed E-state index contributed by atoms with van der Waals surface area (Å²) in [4.78, 5) is 0. The quantitative estimate of drug-likeness (QED) is 0.614. The molecular weight excluding hydrogens is 294 g/mol. The minimum atomic E-state index is 0.102. The van der Waals surface area contributed by atoms with E-state index in [0.29, 0.717) is 17.7 Å². The lowest BCUT2D eigenvalue weighted by Crippen LogP contribution is -2.56. The van der Waals surface area contributed by atoms with Crippen LogP contribution in [0.5, 0.6) is 0 Å². The first-order valence-corrected chi connectivity index (χ1v) is 8.87. The van der Waals surface area contributed by atoms with Gasteiger partial charge in [0.15, 0.2) is 5.90 Å². The maximum Gasteiger partial charge on any atom is 0.180 e. The summed E-state index contributed by atoms with van der Waals surface area (Å²) in [6.45, 7) is 0. The lowest BCUT2D eigenvalue weighted by Gasteiger charge is -2.61. The highest BCUT2D eigenvalue weighted by Crippen LogP contribution is 2.64. The molecular formula is C19H24ClNO. The molecule has 4 aliphatic rings. The van der Waals surface area contributed by atoms with E-state index in [1.165, 1.54) is 37.7 Å². The number of hydrogen-bond donors (Lipinski definition) is 1. The van der Waals surface area contributed by atoms with Crippen molar-refractivity contribution in [3.05, 3.63) is 34.9 Å². The highest BCUT2D eigenvalue weighted by atomic mass is 35.5. The van der Waals surface area contributed by atoms with Gasteiger partial charge >= 0.3 is 0 Å². The van der Waals surface area contributed by atoms with Crippen molar-refractivity contribution < 1.29 is 4.74 Å². The van der Waals surface area contributed by atoms with Crippen molar-refractivity contribution in [3.63, 3.8) is 0 Å². The zero-order valence-corrected chi connectivity index (χ0v) is 13.9. The Kier molecular flexibility index (Phi) is 3.48. The van der Waals surface area contributed by atoms with Crippen LogP contribution in [0.25, 0.3) is 0 Å². The highest BCUT2D eigenvalue weighted by molar-refractivity contribution is 6.30. The third kappa shape index (κ3) is 2.11. The van der Waals surface area contributed by atoms with Gasteiger partial charge < -0.3 is 4.74 Å². The van der Waals surface area contributed by atoms with Crippen LogP contribution in [0.15, 0.2) is 24.3 Å². The summed E-state index contributed by atoms with van der Waals surface area (Å²) in [5.74, 6) is 3.71. The zero-order valence-electron chi connectivity index (χ0n) is 13.1. The van der Waals surface area contributed by atoms with Crippen LogP contribution < -0.4 is 0 Å². The molecule has 0 aliphatic heterocycles. The van der Waals surface area contributed by atoms with E-state index < -0.39 is 0 Å². The van der Waals surface area contributed by atoms with Crippen molar-refractivity contribution in [2.45, 2.75) is 43.9 Å². The van der Waals surface area contributed by atoms with Crippen molar-refractivity contribution >= 4 is 17.5 Å². The van der Waals surface area contributed by atoms with Crippen LogP contribution in [0.1, 0.15) is 44.1 Å². The van der Waals surface area contributed by atoms with Gasteiger partial charge in [0, 0.05) is 16.9 Å². The second kappa shape index (κ2) is 5.26. The maximum atomic E-state index is 8.18. The minimum absolute atomic E-state index is 0.102. The molecule has 0 saturated heterocycles. The molecule has 0 atom stereocenters. The minimum Gasteiger partial charge on any atom is -0.484 e. The first-order valence-electron chi connectivity index (χ1n) is 8.49. The number of nitrogens with one attached hydrogen (secondary N) is 1. The molecule has 0 heterocycles. The molecule has 1 N–H and O–H groups in total. The molecule has 3 heteroatoms. The van der Waals surface area contributed by atoms with Crippen LogP contribution >= 0.6 is 11.6 Å². The first kappa shape index (κ1) is 14.6. The Hall–Kier alpha value is -1.02. The van der Waals surface area contributed by atoms with E-state index in [1.807, 2.05) is 12.1 Å². The van der Waals surface area contributed by atoms with E-state index in [2.05, 4.69) is 12.1 Å². The number of ether oxygens (including phenoxy) is 1. The van der Waals surface area contributed by atoms with Crippen LogP contribution in [0.2, 0.25) is 5.02 Å². The van der Waals surface area contributed by atoms with Gasteiger partial charge in [-0.2, -0.15) is 0 Å². The number of methoxy groups -OCH3 is 1. The Labute approximate surface area is 137 Å². The molecule has 2 nitrogen and oxygen atoms in total. The molecule has 22 heavy (non-hydrogen) atoms. The van der Waals surface area contributed by atoms with Crippen molar-refractivity contribution in [1.29, 1.82) is 5.41 Å². The average molecular weight is 318 g/mol. The fourth-order valence-corrected chi connectivity index (χ4v) is 6.11. The Morgan fingerprint density at radius 2 is 1.64 bits per heavy atom. The molecule has 4 fully saturated rings. The van der Waals surface area contributed by atoms with Gasteiger partial charge in [0.1, 0.15) is 0 Å². The molecule has 5 rings (SSSR count). The van der Waals surface area contributed by atoms with Crippen molar-refractivity contribution in [2.75, 3.05) is 7.11 Å².